The SMILES string of the molecule is CC1CCc2sc(N=Cc3ccccc3Br)c(C#N)c2C1. The van der Waals surface area contributed by atoms with Gasteiger partial charge in [-0.05, 0) is 36.8 Å². The molecule has 0 amide bonds. The molecule has 1 aromatic carbocycles. The van der Waals surface area contributed by atoms with E-state index in [-0.39, 0.29) is 0 Å². The topological polar surface area (TPSA) is 36.1 Å². The molecule has 0 saturated carbocycles. The molecule has 0 spiro atoms. The number of hydrogen-bond acceptors (Lipinski definition) is 3. The number of fused-ring (bicyclic) bond motifs is 1. The van der Waals surface area contributed by atoms with Crippen LogP contribution in [0.4, 0.5) is 5.00 Å². The van der Waals surface area contributed by atoms with Crippen LogP contribution in [0.5, 0.6) is 0 Å². The molecule has 21 heavy (non-hydrogen) atoms. The Bertz CT molecular complexity index is 740. The highest BCUT2D eigenvalue weighted by Crippen LogP contribution is 2.40. The van der Waals surface area contributed by atoms with Crippen LogP contribution in [0.25, 0.3) is 0 Å². The first-order valence-electron chi connectivity index (χ1n) is 7.02. The van der Waals surface area contributed by atoms with Crippen LogP contribution in [0.3, 0.4) is 0 Å². The van der Waals surface area contributed by atoms with E-state index in [0.29, 0.717) is 5.92 Å². The highest BCUT2D eigenvalue weighted by Gasteiger charge is 2.23. The van der Waals surface area contributed by atoms with Crippen LogP contribution >= 0.6 is 27.3 Å². The van der Waals surface area contributed by atoms with E-state index in [2.05, 4.69) is 33.9 Å². The largest absolute Gasteiger partial charge is 0.244 e. The zero-order valence-corrected chi connectivity index (χ0v) is 14.2. The van der Waals surface area contributed by atoms with Crippen molar-refractivity contribution in [1.29, 1.82) is 5.26 Å². The van der Waals surface area contributed by atoms with Crippen molar-refractivity contribution < 1.29 is 0 Å². The van der Waals surface area contributed by atoms with Gasteiger partial charge in [0, 0.05) is 21.1 Å². The van der Waals surface area contributed by atoms with Crippen molar-refractivity contribution in [2.24, 2.45) is 10.9 Å². The molecular weight excluding hydrogens is 344 g/mol. The molecule has 1 unspecified atom stereocenters. The van der Waals surface area contributed by atoms with Crippen LogP contribution in [0, 0.1) is 17.2 Å². The number of aliphatic imine (C=N–C) groups is 1. The minimum absolute atomic E-state index is 0.666. The molecule has 1 aromatic heterocycles. The van der Waals surface area contributed by atoms with Gasteiger partial charge >= 0.3 is 0 Å². The summed E-state index contributed by atoms with van der Waals surface area (Å²) in [4.78, 5) is 5.93. The molecule has 0 aliphatic heterocycles. The van der Waals surface area contributed by atoms with Gasteiger partial charge in [-0.15, -0.1) is 11.3 Å². The fourth-order valence-electron chi connectivity index (χ4n) is 2.66. The zero-order chi connectivity index (χ0) is 14.8. The van der Waals surface area contributed by atoms with E-state index in [4.69, 9.17) is 0 Å². The summed E-state index contributed by atoms with van der Waals surface area (Å²) in [5, 5.41) is 10.3. The monoisotopic (exact) mass is 358 g/mol. The summed E-state index contributed by atoms with van der Waals surface area (Å²) in [6, 6.07) is 10.3. The van der Waals surface area contributed by atoms with Gasteiger partial charge < -0.3 is 0 Å². The first-order valence-corrected chi connectivity index (χ1v) is 8.63. The first kappa shape index (κ1) is 14.5. The number of halogens is 1. The maximum atomic E-state index is 9.47. The van der Waals surface area contributed by atoms with Crippen molar-refractivity contribution in [1.82, 2.24) is 0 Å². The van der Waals surface area contributed by atoms with Crippen LogP contribution in [-0.2, 0) is 12.8 Å². The zero-order valence-electron chi connectivity index (χ0n) is 11.8. The molecular formula is C17H15BrN2S. The van der Waals surface area contributed by atoms with Gasteiger partial charge in [-0.25, -0.2) is 4.99 Å². The molecule has 1 atom stereocenters. The smallest absolute Gasteiger partial charge is 0.134 e. The van der Waals surface area contributed by atoms with Crippen molar-refractivity contribution in [3.8, 4) is 6.07 Å². The molecule has 2 nitrogen and oxygen atoms in total. The summed E-state index contributed by atoms with van der Waals surface area (Å²) in [5.74, 6) is 0.666. The lowest BCUT2D eigenvalue weighted by Gasteiger charge is -2.17. The average molecular weight is 359 g/mol. The average Bonchev–Trinajstić information content (AvgIpc) is 2.83. The van der Waals surface area contributed by atoms with Crippen LogP contribution in [-0.4, -0.2) is 6.21 Å². The number of rotatable bonds is 2. The maximum Gasteiger partial charge on any atom is 0.134 e. The molecule has 0 fully saturated rings. The fraction of sp³-hybridized carbons (Fsp3) is 0.294. The second-order valence-corrected chi connectivity index (χ2v) is 7.36. The van der Waals surface area contributed by atoms with Crippen LogP contribution in [0.1, 0.15) is 34.9 Å². The number of thiophene rings is 1. The summed E-state index contributed by atoms with van der Waals surface area (Å²) in [7, 11) is 0. The fourth-order valence-corrected chi connectivity index (χ4v) is 4.18. The standard InChI is InChI=1S/C17H15BrN2S/c1-11-6-7-16-13(8-11)14(9-19)17(21-16)20-10-12-4-2-3-5-15(12)18/h2-5,10-11H,6-8H2,1H3. The summed E-state index contributed by atoms with van der Waals surface area (Å²) in [6.45, 7) is 2.26. The maximum absolute atomic E-state index is 9.47. The molecule has 2 aromatic rings. The highest BCUT2D eigenvalue weighted by molar-refractivity contribution is 9.10. The van der Waals surface area contributed by atoms with E-state index in [0.717, 1.165) is 33.4 Å². The van der Waals surface area contributed by atoms with Crippen molar-refractivity contribution in [2.75, 3.05) is 0 Å². The number of benzene rings is 1. The summed E-state index contributed by atoms with van der Waals surface area (Å²) >= 11 is 5.20. The summed E-state index contributed by atoms with van der Waals surface area (Å²) in [6.07, 6.45) is 5.15. The third-order valence-corrected chi connectivity index (χ3v) is 5.75. The molecule has 1 aliphatic carbocycles. The Morgan fingerprint density at radius 1 is 1.43 bits per heavy atom. The summed E-state index contributed by atoms with van der Waals surface area (Å²) < 4.78 is 1.02. The van der Waals surface area contributed by atoms with Crippen LogP contribution in [0.15, 0.2) is 33.7 Å². The number of nitrogens with zero attached hydrogens (tertiary/aromatic N) is 2. The van der Waals surface area contributed by atoms with E-state index in [1.807, 2.05) is 30.5 Å². The Hall–Kier alpha value is -1.44. The van der Waals surface area contributed by atoms with E-state index in [1.165, 1.54) is 16.9 Å². The van der Waals surface area contributed by atoms with Crippen molar-refractivity contribution in [2.45, 2.75) is 26.2 Å². The molecule has 0 N–H and O–H groups in total. The Kier molecular flexibility index (Phi) is 4.23. The predicted octanol–water partition coefficient (Wildman–Crippen LogP) is 5.26. The van der Waals surface area contributed by atoms with Gasteiger partial charge in [0.15, 0.2) is 0 Å². The highest BCUT2D eigenvalue weighted by atomic mass is 79.9. The lowest BCUT2D eigenvalue weighted by Crippen LogP contribution is -2.09. The van der Waals surface area contributed by atoms with Gasteiger partial charge in [-0.1, -0.05) is 41.1 Å². The minimum Gasteiger partial charge on any atom is -0.244 e. The first-order chi connectivity index (χ1) is 10.2. The second-order valence-electron chi connectivity index (χ2n) is 5.42. The Labute approximate surface area is 137 Å². The van der Waals surface area contributed by atoms with E-state index in [1.54, 1.807) is 11.3 Å². The predicted molar refractivity (Wildman–Crippen MR) is 91.6 cm³/mol. The molecule has 1 aliphatic rings. The molecule has 0 radical (unpaired) electrons. The number of nitriles is 1. The van der Waals surface area contributed by atoms with E-state index in [9.17, 15) is 5.26 Å². The van der Waals surface area contributed by atoms with Gasteiger partial charge in [0.2, 0.25) is 0 Å². The lowest BCUT2D eigenvalue weighted by molar-refractivity contribution is 0.506. The van der Waals surface area contributed by atoms with Gasteiger partial charge in [0.1, 0.15) is 11.1 Å². The lowest BCUT2D eigenvalue weighted by atomic mass is 9.88. The van der Waals surface area contributed by atoms with Gasteiger partial charge in [0.25, 0.3) is 0 Å². The van der Waals surface area contributed by atoms with Gasteiger partial charge in [0.05, 0.1) is 5.56 Å². The molecule has 0 bridgehead atoms. The van der Waals surface area contributed by atoms with Crippen LogP contribution < -0.4 is 0 Å². The van der Waals surface area contributed by atoms with Crippen molar-refractivity contribution in [3.63, 3.8) is 0 Å². The van der Waals surface area contributed by atoms with Crippen molar-refractivity contribution in [3.05, 3.63) is 50.3 Å². The molecule has 3 rings (SSSR count). The van der Waals surface area contributed by atoms with E-state index < -0.39 is 0 Å². The third kappa shape index (κ3) is 2.95. The second kappa shape index (κ2) is 6.13. The quantitative estimate of drug-likeness (QED) is 0.674. The van der Waals surface area contributed by atoms with Crippen LogP contribution in [0.2, 0.25) is 0 Å². The van der Waals surface area contributed by atoms with E-state index >= 15 is 0 Å². The normalized spacial score (nSPS) is 17.7. The molecule has 0 saturated heterocycles. The Balaban J connectivity index is 1.97. The number of hydrogen-bond donors (Lipinski definition) is 0. The van der Waals surface area contributed by atoms with Gasteiger partial charge in [-0.3, -0.25) is 0 Å². The molecule has 1 heterocycles. The number of aryl methyl sites for hydroxylation is 1. The third-order valence-electron chi connectivity index (χ3n) is 3.83. The van der Waals surface area contributed by atoms with Crippen molar-refractivity contribution >= 4 is 38.5 Å². The Morgan fingerprint density at radius 3 is 3.00 bits per heavy atom. The minimum atomic E-state index is 0.666. The molecule has 106 valence electrons. The summed E-state index contributed by atoms with van der Waals surface area (Å²) in [5.41, 5.74) is 3.05. The Morgan fingerprint density at radius 2 is 2.24 bits per heavy atom. The molecule has 4 heteroatoms. The van der Waals surface area contributed by atoms with Gasteiger partial charge in [-0.2, -0.15) is 5.26 Å².